The Balaban J connectivity index is 1.59. The summed E-state index contributed by atoms with van der Waals surface area (Å²) >= 11 is 0. The highest BCUT2D eigenvalue weighted by Gasteiger charge is 2.74. The largest absolute Gasteiger partial charge is 0.481 e. The minimum Gasteiger partial charge on any atom is -0.481 e. The molecule has 2 aromatic rings. The maximum Gasteiger partial charge on any atom is 0.435 e. The van der Waals surface area contributed by atoms with Crippen molar-refractivity contribution in [3.8, 4) is 0 Å². The number of likely N-dealkylation sites (tertiary alicyclic amines) is 1. The number of carbonyl (C=O) groups is 2. The van der Waals surface area contributed by atoms with E-state index < -0.39 is 85.3 Å². The Labute approximate surface area is 246 Å². The number of alkyl halides is 7. The van der Waals surface area contributed by atoms with Crippen molar-refractivity contribution in [1.29, 1.82) is 0 Å². The van der Waals surface area contributed by atoms with Crippen molar-refractivity contribution in [2.24, 2.45) is 5.92 Å². The molecule has 5 rings (SSSR count). The average molecular weight is 655 g/mol. The van der Waals surface area contributed by atoms with E-state index in [4.69, 9.17) is 0 Å². The van der Waals surface area contributed by atoms with Crippen molar-refractivity contribution in [2.75, 3.05) is 6.54 Å². The first-order valence-electron chi connectivity index (χ1n) is 13.6. The third-order valence-corrected chi connectivity index (χ3v) is 11.6. The zero-order chi connectivity index (χ0) is 32.5. The maximum atomic E-state index is 15.0. The predicted molar refractivity (Wildman–Crippen MR) is 137 cm³/mol. The van der Waals surface area contributed by atoms with E-state index in [0.29, 0.717) is 25.3 Å². The number of carboxylic acids is 1. The molecule has 2 aromatic carbocycles. The molecular weight excluding hydrogens is 628 g/mol. The van der Waals surface area contributed by atoms with Crippen LogP contribution in [0.4, 0.5) is 39.9 Å². The van der Waals surface area contributed by atoms with Crippen molar-refractivity contribution in [1.82, 2.24) is 10.2 Å². The fourth-order valence-corrected chi connectivity index (χ4v) is 9.20. The first-order valence-corrected chi connectivity index (χ1v) is 15.1. The van der Waals surface area contributed by atoms with Crippen LogP contribution in [0.5, 0.6) is 0 Å². The number of aliphatic carboxylic acids is 1. The highest BCUT2D eigenvalue weighted by atomic mass is 32.2. The van der Waals surface area contributed by atoms with Gasteiger partial charge in [0.15, 0.2) is 9.84 Å². The molecule has 2 amide bonds. The molecule has 1 aliphatic heterocycles. The zero-order valence-electron chi connectivity index (χ0n) is 22.7. The van der Waals surface area contributed by atoms with E-state index in [0.717, 1.165) is 35.2 Å². The Hall–Kier alpha value is -3.43. The molecule has 4 unspecified atom stereocenters. The number of benzene rings is 2. The van der Waals surface area contributed by atoms with Crippen LogP contribution in [0.1, 0.15) is 48.8 Å². The van der Waals surface area contributed by atoms with Gasteiger partial charge in [-0.05, 0) is 67.5 Å². The smallest absolute Gasteiger partial charge is 0.435 e. The molecule has 0 aromatic heterocycles. The summed E-state index contributed by atoms with van der Waals surface area (Å²) in [5.74, 6) is -2.53. The predicted octanol–water partition coefficient (Wildman–Crippen LogP) is 5.77. The van der Waals surface area contributed by atoms with E-state index in [1.165, 1.54) is 0 Å². The summed E-state index contributed by atoms with van der Waals surface area (Å²) < 4.78 is 136. The Morgan fingerprint density at radius 3 is 2.18 bits per heavy atom. The second kappa shape index (κ2) is 10.6. The number of carbonyl (C=O) groups excluding carboxylic acids is 1. The molecule has 44 heavy (non-hydrogen) atoms. The second-order valence-corrected chi connectivity index (χ2v) is 13.6. The number of fused-ring (bicyclic) bond motifs is 3. The molecule has 240 valence electrons. The first-order chi connectivity index (χ1) is 20.3. The molecule has 0 spiro atoms. The quantitative estimate of drug-likeness (QED) is 0.315. The van der Waals surface area contributed by atoms with Gasteiger partial charge in [0.25, 0.3) is 0 Å². The monoisotopic (exact) mass is 654 g/mol. The van der Waals surface area contributed by atoms with E-state index in [-0.39, 0.29) is 36.6 Å². The van der Waals surface area contributed by atoms with Gasteiger partial charge in [0.2, 0.25) is 0 Å². The molecule has 7 nitrogen and oxygen atoms in total. The highest BCUT2D eigenvalue weighted by Crippen LogP contribution is 2.57. The molecule has 0 radical (unpaired) electrons. The summed E-state index contributed by atoms with van der Waals surface area (Å²) in [5.41, 5.74) is -8.06. The van der Waals surface area contributed by atoms with E-state index in [1.807, 2.05) is 0 Å². The third-order valence-electron chi connectivity index (χ3n) is 9.01. The van der Waals surface area contributed by atoms with Gasteiger partial charge in [0, 0.05) is 18.2 Å². The molecule has 16 heteroatoms. The van der Waals surface area contributed by atoms with Crippen LogP contribution >= 0.6 is 0 Å². The lowest BCUT2D eigenvalue weighted by Gasteiger charge is -2.34. The van der Waals surface area contributed by atoms with Crippen LogP contribution in [0.3, 0.4) is 0 Å². The number of hydrogen-bond acceptors (Lipinski definition) is 4. The summed E-state index contributed by atoms with van der Waals surface area (Å²) in [6.45, 7) is -0.189. The zero-order valence-corrected chi connectivity index (χ0v) is 23.5. The maximum absolute atomic E-state index is 15.0. The average Bonchev–Trinajstić information content (AvgIpc) is 3.47. The Kier molecular flexibility index (Phi) is 7.69. The van der Waals surface area contributed by atoms with Crippen molar-refractivity contribution < 1.29 is 58.2 Å². The van der Waals surface area contributed by atoms with Crippen LogP contribution in [-0.2, 0) is 31.5 Å². The van der Waals surface area contributed by atoms with Crippen molar-refractivity contribution in [2.45, 2.75) is 78.3 Å². The molecule has 2 aliphatic carbocycles. The number of urea groups is 1. The van der Waals surface area contributed by atoms with Gasteiger partial charge < -0.3 is 15.3 Å². The minimum atomic E-state index is -6.40. The van der Waals surface area contributed by atoms with Crippen molar-refractivity contribution in [3.63, 3.8) is 0 Å². The second-order valence-electron chi connectivity index (χ2n) is 11.4. The molecule has 2 N–H and O–H groups in total. The number of carboxylic acid groups (broad SMARTS) is 1. The Morgan fingerprint density at radius 2 is 1.59 bits per heavy atom. The van der Waals surface area contributed by atoms with Gasteiger partial charge in [-0.15, -0.1) is 0 Å². The number of nitrogens with zero attached hydrogens (tertiary/aromatic N) is 1. The molecule has 1 saturated carbocycles. The molecular formula is C28H26F8N2O5S. The number of rotatable bonds is 5. The van der Waals surface area contributed by atoms with E-state index in [2.05, 4.69) is 5.32 Å². The first kappa shape index (κ1) is 32.0. The Morgan fingerprint density at radius 1 is 0.955 bits per heavy atom. The number of nitrogens with one attached hydrogen (secondary N) is 1. The summed E-state index contributed by atoms with van der Waals surface area (Å²) in [4.78, 5) is 25.7. The normalized spacial score (nSPS) is 25.8. The molecule has 1 heterocycles. The van der Waals surface area contributed by atoms with Crippen molar-refractivity contribution in [3.05, 3.63) is 65.0 Å². The van der Waals surface area contributed by atoms with Gasteiger partial charge in [-0.25, -0.2) is 22.0 Å². The topological polar surface area (TPSA) is 104 Å². The number of hydrogen-bond donors (Lipinski definition) is 2. The Bertz CT molecular complexity index is 1560. The number of amides is 2. The van der Waals surface area contributed by atoms with Gasteiger partial charge in [0.05, 0.1) is 16.9 Å². The lowest BCUT2D eigenvalue weighted by molar-refractivity contribution is -0.348. The highest BCUT2D eigenvalue weighted by molar-refractivity contribution is 7.92. The van der Waals surface area contributed by atoms with Gasteiger partial charge >= 0.3 is 30.0 Å². The van der Waals surface area contributed by atoms with Crippen LogP contribution < -0.4 is 5.32 Å². The van der Waals surface area contributed by atoms with E-state index >= 15 is 0 Å². The number of halogens is 8. The van der Waals surface area contributed by atoms with Crippen LogP contribution in [0.25, 0.3) is 0 Å². The van der Waals surface area contributed by atoms with Crippen LogP contribution in [0.15, 0.2) is 47.4 Å². The van der Waals surface area contributed by atoms with Gasteiger partial charge in [-0.3, -0.25) is 4.79 Å². The molecule has 3 aliphatic rings. The van der Waals surface area contributed by atoms with E-state index in [9.17, 15) is 58.2 Å². The molecule has 2 fully saturated rings. The lowest BCUT2D eigenvalue weighted by atomic mass is 9.86. The number of sulfone groups is 1. The summed E-state index contributed by atoms with van der Waals surface area (Å²) in [5, 5.41) is 12.1. The molecule has 4 atom stereocenters. The summed E-state index contributed by atoms with van der Waals surface area (Å²) in [7, 11) is -4.60. The SMILES string of the molecule is O=C(O)C1CCCC(NC(=O)N2CCC3(S(=O)(=O)c4ccc(F)cc4)c4ccc(C(F)(C(F)(F)F)C(F)(F)F)cc4CC23)C1. The van der Waals surface area contributed by atoms with Gasteiger partial charge in [-0.1, -0.05) is 24.6 Å². The molecule has 0 bridgehead atoms. The van der Waals surface area contributed by atoms with Gasteiger partial charge in [0.1, 0.15) is 10.6 Å². The minimum absolute atomic E-state index is 0.107. The van der Waals surface area contributed by atoms with E-state index in [1.54, 1.807) is 0 Å². The standard InChI is InChI=1S/C28H26F8N2O5S/c29-18-5-7-20(8-6-18)44(42,43)25-10-11-38(24(41)37-19-3-1-2-15(13-19)23(39)40)22(25)14-16-12-17(4-9-21(16)25)26(30,27(31,32)33)28(34,35)36/h4-9,12,15,19,22H,1-3,10-11,13-14H2,(H,37,41)(H,39,40). The summed E-state index contributed by atoms with van der Waals surface area (Å²) in [6, 6.07) is 2.24. The van der Waals surface area contributed by atoms with Crippen LogP contribution in [-0.4, -0.2) is 61.4 Å². The van der Waals surface area contributed by atoms with Crippen LogP contribution in [0, 0.1) is 11.7 Å². The summed E-state index contributed by atoms with van der Waals surface area (Å²) in [6.07, 6.45) is -12.2. The molecule has 1 saturated heterocycles. The lowest BCUT2D eigenvalue weighted by Crippen LogP contribution is -2.52. The van der Waals surface area contributed by atoms with Crippen molar-refractivity contribution >= 4 is 21.8 Å². The third kappa shape index (κ3) is 4.79. The van der Waals surface area contributed by atoms with Crippen LogP contribution in [0.2, 0.25) is 0 Å². The fraction of sp³-hybridized carbons (Fsp3) is 0.500. The van der Waals surface area contributed by atoms with Gasteiger partial charge in [-0.2, -0.15) is 26.3 Å². The fourth-order valence-electron chi connectivity index (χ4n) is 6.86.